The van der Waals surface area contributed by atoms with E-state index in [4.69, 9.17) is 0 Å². The Bertz CT molecular complexity index is 386. The highest BCUT2D eigenvalue weighted by atomic mass is 16.3. The first-order chi connectivity index (χ1) is 8.48. The van der Waals surface area contributed by atoms with Crippen molar-refractivity contribution >= 4 is 0 Å². The van der Waals surface area contributed by atoms with Crippen LogP contribution in [0.25, 0.3) is 0 Å². The lowest BCUT2D eigenvalue weighted by atomic mass is 9.72. The maximum atomic E-state index is 10.7. The van der Waals surface area contributed by atoms with Gasteiger partial charge in [-0.3, -0.25) is 0 Å². The molecule has 0 amide bonds. The zero-order valence-corrected chi connectivity index (χ0v) is 11.9. The van der Waals surface area contributed by atoms with E-state index < -0.39 is 5.60 Å². The highest BCUT2D eigenvalue weighted by molar-refractivity contribution is 5.23. The topological polar surface area (TPSA) is 20.2 Å². The van der Waals surface area contributed by atoms with Crippen LogP contribution in [0.2, 0.25) is 0 Å². The SMILES string of the molecule is Cc1cccc(CC2(O)CCC(C(C)C)CC2)c1. The minimum Gasteiger partial charge on any atom is -0.390 e. The third-order valence-corrected chi connectivity index (χ3v) is 4.52. The molecular weight excluding hydrogens is 220 g/mol. The van der Waals surface area contributed by atoms with E-state index >= 15 is 0 Å². The van der Waals surface area contributed by atoms with Crippen LogP contribution in [0.15, 0.2) is 24.3 Å². The van der Waals surface area contributed by atoms with Gasteiger partial charge in [0.25, 0.3) is 0 Å². The summed E-state index contributed by atoms with van der Waals surface area (Å²) in [6.45, 7) is 6.72. The van der Waals surface area contributed by atoms with Crippen LogP contribution in [0.5, 0.6) is 0 Å². The van der Waals surface area contributed by atoms with Gasteiger partial charge >= 0.3 is 0 Å². The molecule has 1 saturated carbocycles. The summed E-state index contributed by atoms with van der Waals surface area (Å²) in [4.78, 5) is 0. The Morgan fingerprint density at radius 2 is 1.94 bits per heavy atom. The van der Waals surface area contributed by atoms with Gasteiger partial charge in [0.2, 0.25) is 0 Å². The van der Waals surface area contributed by atoms with Gasteiger partial charge in [-0.2, -0.15) is 0 Å². The van der Waals surface area contributed by atoms with Crippen molar-refractivity contribution in [2.75, 3.05) is 0 Å². The van der Waals surface area contributed by atoms with Crippen LogP contribution in [0, 0.1) is 18.8 Å². The molecule has 2 rings (SSSR count). The zero-order valence-electron chi connectivity index (χ0n) is 11.9. The van der Waals surface area contributed by atoms with E-state index in [1.54, 1.807) is 0 Å². The average Bonchev–Trinajstić information content (AvgIpc) is 2.29. The maximum Gasteiger partial charge on any atom is 0.0688 e. The number of aliphatic hydroxyl groups is 1. The van der Waals surface area contributed by atoms with Gasteiger partial charge in [0.15, 0.2) is 0 Å². The first kappa shape index (κ1) is 13.6. The summed E-state index contributed by atoms with van der Waals surface area (Å²) < 4.78 is 0. The predicted octanol–water partition coefficient (Wildman–Crippen LogP) is 4.11. The minimum absolute atomic E-state index is 0.459. The van der Waals surface area contributed by atoms with Crippen LogP contribution in [0.3, 0.4) is 0 Å². The van der Waals surface area contributed by atoms with Crippen molar-refractivity contribution < 1.29 is 5.11 Å². The van der Waals surface area contributed by atoms with E-state index in [1.165, 1.54) is 24.0 Å². The van der Waals surface area contributed by atoms with Crippen LogP contribution in [0.4, 0.5) is 0 Å². The molecule has 1 aliphatic carbocycles. The molecule has 1 N–H and O–H groups in total. The molecule has 1 nitrogen and oxygen atoms in total. The van der Waals surface area contributed by atoms with Gasteiger partial charge in [-0.05, 0) is 50.0 Å². The Morgan fingerprint density at radius 1 is 1.28 bits per heavy atom. The predicted molar refractivity (Wildman–Crippen MR) is 76.6 cm³/mol. The third-order valence-electron chi connectivity index (χ3n) is 4.52. The summed E-state index contributed by atoms with van der Waals surface area (Å²) in [5.74, 6) is 1.57. The third kappa shape index (κ3) is 3.35. The van der Waals surface area contributed by atoms with Crippen molar-refractivity contribution in [1.29, 1.82) is 0 Å². The van der Waals surface area contributed by atoms with Crippen molar-refractivity contribution in [3.05, 3.63) is 35.4 Å². The van der Waals surface area contributed by atoms with Crippen LogP contribution in [0.1, 0.15) is 50.7 Å². The van der Waals surface area contributed by atoms with Gasteiger partial charge in [-0.15, -0.1) is 0 Å². The lowest BCUT2D eigenvalue weighted by molar-refractivity contribution is -0.0146. The quantitative estimate of drug-likeness (QED) is 0.850. The molecule has 0 heterocycles. The molecule has 1 aromatic carbocycles. The van der Waals surface area contributed by atoms with Gasteiger partial charge < -0.3 is 5.11 Å². The molecule has 1 aliphatic rings. The van der Waals surface area contributed by atoms with E-state index in [-0.39, 0.29) is 0 Å². The largest absolute Gasteiger partial charge is 0.390 e. The fourth-order valence-electron chi connectivity index (χ4n) is 3.22. The fourth-order valence-corrected chi connectivity index (χ4v) is 3.22. The lowest BCUT2D eigenvalue weighted by Crippen LogP contribution is -2.37. The molecule has 100 valence electrons. The Labute approximate surface area is 111 Å². The van der Waals surface area contributed by atoms with Gasteiger partial charge in [0, 0.05) is 6.42 Å². The molecule has 0 aliphatic heterocycles. The fraction of sp³-hybridized carbons (Fsp3) is 0.647. The summed E-state index contributed by atoms with van der Waals surface area (Å²) in [5, 5.41) is 10.7. The highest BCUT2D eigenvalue weighted by Crippen LogP contribution is 2.37. The summed E-state index contributed by atoms with van der Waals surface area (Å²) >= 11 is 0. The zero-order chi connectivity index (χ0) is 13.2. The minimum atomic E-state index is -0.459. The first-order valence-corrected chi connectivity index (χ1v) is 7.26. The van der Waals surface area contributed by atoms with E-state index in [0.29, 0.717) is 0 Å². The average molecular weight is 246 g/mol. The number of aryl methyl sites for hydroxylation is 1. The Morgan fingerprint density at radius 3 is 2.50 bits per heavy atom. The van der Waals surface area contributed by atoms with E-state index in [0.717, 1.165) is 31.1 Å². The smallest absolute Gasteiger partial charge is 0.0688 e. The van der Waals surface area contributed by atoms with Crippen LogP contribution in [-0.2, 0) is 6.42 Å². The van der Waals surface area contributed by atoms with Gasteiger partial charge in [0.1, 0.15) is 0 Å². The molecule has 1 fully saturated rings. The summed E-state index contributed by atoms with van der Waals surface area (Å²) in [7, 11) is 0. The molecule has 0 unspecified atom stereocenters. The summed E-state index contributed by atoms with van der Waals surface area (Å²) in [6.07, 6.45) is 5.10. The van der Waals surface area contributed by atoms with Crippen molar-refractivity contribution in [2.45, 2.75) is 58.5 Å². The molecule has 0 bridgehead atoms. The Balaban J connectivity index is 1.97. The highest BCUT2D eigenvalue weighted by Gasteiger charge is 2.34. The molecule has 0 atom stereocenters. The molecule has 0 saturated heterocycles. The summed E-state index contributed by atoms with van der Waals surface area (Å²) in [6, 6.07) is 8.54. The molecular formula is C17H26O. The second kappa shape index (κ2) is 5.44. The van der Waals surface area contributed by atoms with Gasteiger partial charge in [-0.1, -0.05) is 43.7 Å². The first-order valence-electron chi connectivity index (χ1n) is 7.26. The van der Waals surface area contributed by atoms with Gasteiger partial charge in [0.05, 0.1) is 5.60 Å². The molecule has 0 aromatic heterocycles. The van der Waals surface area contributed by atoms with Crippen molar-refractivity contribution in [3.63, 3.8) is 0 Å². The van der Waals surface area contributed by atoms with Crippen molar-refractivity contribution in [3.8, 4) is 0 Å². The number of hydrogen-bond acceptors (Lipinski definition) is 1. The second-order valence-corrected chi connectivity index (χ2v) is 6.47. The molecule has 18 heavy (non-hydrogen) atoms. The molecule has 1 aromatic rings. The van der Waals surface area contributed by atoms with E-state index in [1.807, 2.05) is 0 Å². The van der Waals surface area contributed by atoms with Crippen molar-refractivity contribution in [2.24, 2.45) is 11.8 Å². The summed E-state index contributed by atoms with van der Waals surface area (Å²) in [5.41, 5.74) is 2.10. The van der Waals surface area contributed by atoms with Crippen LogP contribution < -0.4 is 0 Å². The van der Waals surface area contributed by atoms with Crippen LogP contribution in [-0.4, -0.2) is 10.7 Å². The molecule has 1 heteroatoms. The number of benzene rings is 1. The molecule has 0 radical (unpaired) electrons. The maximum absolute atomic E-state index is 10.7. The van der Waals surface area contributed by atoms with Gasteiger partial charge in [-0.25, -0.2) is 0 Å². The number of rotatable bonds is 3. The van der Waals surface area contributed by atoms with E-state index in [9.17, 15) is 5.11 Å². The normalized spacial score (nSPS) is 28.6. The van der Waals surface area contributed by atoms with E-state index in [2.05, 4.69) is 45.0 Å². The lowest BCUT2D eigenvalue weighted by Gasteiger charge is -2.37. The Kier molecular flexibility index (Phi) is 4.11. The Hall–Kier alpha value is -0.820. The molecule has 0 spiro atoms. The van der Waals surface area contributed by atoms with Crippen molar-refractivity contribution in [1.82, 2.24) is 0 Å². The monoisotopic (exact) mass is 246 g/mol. The number of hydrogen-bond donors (Lipinski definition) is 1. The second-order valence-electron chi connectivity index (χ2n) is 6.47. The van der Waals surface area contributed by atoms with Crippen LogP contribution >= 0.6 is 0 Å². The standard InChI is InChI=1S/C17H26O/c1-13(2)16-7-9-17(18,10-8-16)12-15-6-4-5-14(3)11-15/h4-6,11,13,16,18H,7-10,12H2,1-3H3.